The number of halogens is 1. The van der Waals surface area contributed by atoms with E-state index < -0.39 is 5.82 Å². The molecule has 148 valence electrons. The van der Waals surface area contributed by atoms with Crippen LogP contribution < -0.4 is 5.73 Å². The third-order valence-corrected chi connectivity index (χ3v) is 4.91. The zero-order valence-electron chi connectivity index (χ0n) is 16.1. The molecule has 4 aromatic rings. The molecule has 0 fully saturated rings. The van der Waals surface area contributed by atoms with E-state index >= 15 is 0 Å². The Morgan fingerprint density at radius 3 is 2.07 bits per heavy atom. The molecule has 1 heterocycles. The summed E-state index contributed by atoms with van der Waals surface area (Å²) in [4.78, 5) is 29.3. The molecule has 0 atom stereocenters. The number of nitrogens with one attached hydrogen (secondary N) is 1. The van der Waals surface area contributed by atoms with Crippen LogP contribution in [0.5, 0.6) is 0 Å². The average Bonchev–Trinajstić information content (AvgIpc) is 3.12. The normalized spacial score (nSPS) is 10.7. The number of hydrogen-bond donors (Lipinski definition) is 2. The second-order valence-electron chi connectivity index (χ2n) is 6.95. The number of nitrogen functional groups attached to an aromatic ring is 1. The van der Waals surface area contributed by atoms with Gasteiger partial charge in [0.1, 0.15) is 11.6 Å². The van der Waals surface area contributed by atoms with Gasteiger partial charge in [0.05, 0.1) is 11.3 Å². The van der Waals surface area contributed by atoms with Crippen LogP contribution in [0.25, 0.3) is 11.1 Å². The number of benzene rings is 3. The molecule has 0 radical (unpaired) electrons. The van der Waals surface area contributed by atoms with Crippen LogP contribution in [-0.2, 0) is 6.42 Å². The van der Waals surface area contributed by atoms with E-state index in [1.54, 1.807) is 36.4 Å². The summed E-state index contributed by atoms with van der Waals surface area (Å²) in [6.07, 6.45) is 0.135. The van der Waals surface area contributed by atoms with Crippen molar-refractivity contribution in [1.29, 1.82) is 0 Å². The monoisotopic (exact) mass is 398 g/mol. The van der Waals surface area contributed by atoms with Crippen molar-refractivity contribution in [1.82, 2.24) is 4.98 Å². The van der Waals surface area contributed by atoms with Crippen LogP contribution in [0.15, 0.2) is 84.9 Å². The number of nitrogens with two attached hydrogens (primary N) is 1. The maximum atomic E-state index is 13.5. The van der Waals surface area contributed by atoms with Gasteiger partial charge in [-0.1, -0.05) is 72.8 Å². The van der Waals surface area contributed by atoms with Crippen LogP contribution in [0.2, 0.25) is 0 Å². The van der Waals surface area contributed by atoms with E-state index in [-0.39, 0.29) is 35.1 Å². The Labute approximate surface area is 173 Å². The fourth-order valence-corrected chi connectivity index (χ4v) is 3.49. The lowest BCUT2D eigenvalue weighted by Gasteiger charge is -2.08. The molecule has 0 bridgehead atoms. The number of rotatable bonds is 6. The molecule has 5 heteroatoms. The van der Waals surface area contributed by atoms with Gasteiger partial charge < -0.3 is 10.7 Å². The number of anilines is 1. The van der Waals surface area contributed by atoms with Crippen molar-refractivity contribution >= 4 is 17.4 Å². The molecule has 3 N–H and O–H groups in total. The zero-order chi connectivity index (χ0) is 21.1. The molecule has 4 rings (SSSR count). The maximum absolute atomic E-state index is 13.5. The second-order valence-corrected chi connectivity index (χ2v) is 6.95. The number of aromatic nitrogens is 1. The van der Waals surface area contributed by atoms with Crippen LogP contribution >= 0.6 is 0 Å². The van der Waals surface area contributed by atoms with E-state index in [9.17, 15) is 14.0 Å². The molecular formula is C25H19FN2O2. The third kappa shape index (κ3) is 3.78. The first kappa shape index (κ1) is 19.3. The Bertz CT molecular complexity index is 1200. The Morgan fingerprint density at radius 2 is 1.43 bits per heavy atom. The van der Waals surface area contributed by atoms with Gasteiger partial charge in [-0.15, -0.1) is 0 Å². The predicted molar refractivity (Wildman–Crippen MR) is 115 cm³/mol. The van der Waals surface area contributed by atoms with E-state index in [1.807, 2.05) is 36.4 Å². The summed E-state index contributed by atoms with van der Waals surface area (Å²) < 4.78 is 13.5. The first-order valence-corrected chi connectivity index (χ1v) is 9.49. The van der Waals surface area contributed by atoms with E-state index in [0.717, 1.165) is 5.56 Å². The Morgan fingerprint density at radius 1 is 0.833 bits per heavy atom. The largest absolute Gasteiger partial charge is 0.385 e. The molecular weight excluding hydrogens is 379 g/mol. The minimum absolute atomic E-state index is 0.120. The summed E-state index contributed by atoms with van der Waals surface area (Å²) in [6.45, 7) is 0. The highest BCUT2D eigenvalue weighted by Crippen LogP contribution is 2.34. The van der Waals surface area contributed by atoms with Crippen molar-refractivity contribution in [2.45, 2.75) is 6.42 Å². The molecule has 0 saturated heterocycles. The van der Waals surface area contributed by atoms with E-state index in [0.29, 0.717) is 16.7 Å². The third-order valence-electron chi connectivity index (χ3n) is 4.91. The molecule has 0 saturated carbocycles. The Balaban J connectivity index is 1.85. The van der Waals surface area contributed by atoms with Crippen molar-refractivity contribution in [2.75, 3.05) is 5.73 Å². The minimum atomic E-state index is -0.407. The van der Waals surface area contributed by atoms with Gasteiger partial charge in [0, 0.05) is 17.5 Å². The second kappa shape index (κ2) is 8.17. The average molecular weight is 398 g/mol. The van der Waals surface area contributed by atoms with E-state index in [4.69, 9.17) is 5.73 Å². The molecule has 0 amide bonds. The predicted octanol–water partition coefficient (Wildman–Crippen LogP) is 5.06. The van der Waals surface area contributed by atoms with Gasteiger partial charge in [-0.05, 0) is 23.3 Å². The Hall–Kier alpha value is -3.99. The van der Waals surface area contributed by atoms with Gasteiger partial charge in [0.15, 0.2) is 5.78 Å². The number of carbonyl (C=O) groups excluding carboxylic acids is 2. The zero-order valence-corrected chi connectivity index (χ0v) is 16.1. The summed E-state index contributed by atoms with van der Waals surface area (Å²) >= 11 is 0. The highest BCUT2D eigenvalue weighted by Gasteiger charge is 2.27. The van der Waals surface area contributed by atoms with Gasteiger partial charge >= 0.3 is 0 Å². The number of H-pyrrole nitrogens is 1. The van der Waals surface area contributed by atoms with E-state index in [2.05, 4.69) is 4.98 Å². The molecule has 30 heavy (non-hydrogen) atoms. The van der Waals surface area contributed by atoms with Crippen molar-refractivity contribution in [2.24, 2.45) is 0 Å². The molecule has 4 nitrogen and oxygen atoms in total. The van der Waals surface area contributed by atoms with Crippen LogP contribution in [0.4, 0.5) is 10.2 Å². The molecule has 0 unspecified atom stereocenters. The lowest BCUT2D eigenvalue weighted by Crippen LogP contribution is -2.08. The summed E-state index contributed by atoms with van der Waals surface area (Å²) in [5.74, 6) is -0.799. The smallest absolute Gasteiger partial charge is 0.209 e. The standard InChI is InChI=1S/C25H19FN2O2/c26-19-13-11-17(12-14-19)21-22(20(29)15-16-7-3-1-4-8-16)25(27)28-23(21)24(30)18-9-5-2-6-10-18/h1-14,28H,15,27H2. The van der Waals surface area contributed by atoms with Crippen molar-refractivity contribution in [3.05, 3.63) is 113 Å². The van der Waals surface area contributed by atoms with Crippen LogP contribution in [-0.4, -0.2) is 16.6 Å². The number of Topliss-reactive ketones (excluding diaryl/α,β-unsaturated/α-hetero) is 1. The van der Waals surface area contributed by atoms with Gasteiger partial charge in [-0.3, -0.25) is 9.59 Å². The molecule has 0 aliphatic carbocycles. The first-order chi connectivity index (χ1) is 14.5. The SMILES string of the molecule is Nc1[nH]c(C(=O)c2ccccc2)c(-c2ccc(F)cc2)c1C(=O)Cc1ccccc1. The highest BCUT2D eigenvalue weighted by atomic mass is 19.1. The molecule has 3 aromatic carbocycles. The molecule has 0 aliphatic heterocycles. The summed E-state index contributed by atoms with van der Waals surface area (Å²) in [6, 6.07) is 23.7. The van der Waals surface area contributed by atoms with E-state index in [1.165, 1.54) is 12.1 Å². The van der Waals surface area contributed by atoms with Gasteiger partial charge in [0.2, 0.25) is 5.78 Å². The lowest BCUT2D eigenvalue weighted by molar-refractivity contribution is 0.0994. The summed E-state index contributed by atoms with van der Waals surface area (Å²) in [5, 5.41) is 0. The number of carbonyl (C=O) groups is 2. The fourth-order valence-electron chi connectivity index (χ4n) is 3.49. The van der Waals surface area contributed by atoms with Crippen molar-refractivity contribution < 1.29 is 14.0 Å². The lowest BCUT2D eigenvalue weighted by atomic mass is 9.93. The molecule has 0 aliphatic rings. The maximum Gasteiger partial charge on any atom is 0.209 e. The minimum Gasteiger partial charge on any atom is -0.385 e. The molecule has 0 spiro atoms. The highest BCUT2D eigenvalue weighted by molar-refractivity contribution is 6.18. The first-order valence-electron chi connectivity index (χ1n) is 9.49. The van der Waals surface area contributed by atoms with Gasteiger partial charge in [-0.2, -0.15) is 0 Å². The number of hydrogen-bond acceptors (Lipinski definition) is 3. The van der Waals surface area contributed by atoms with Crippen LogP contribution in [0, 0.1) is 5.82 Å². The topological polar surface area (TPSA) is 76.0 Å². The summed E-state index contributed by atoms with van der Waals surface area (Å²) in [7, 11) is 0. The van der Waals surface area contributed by atoms with Crippen molar-refractivity contribution in [3.63, 3.8) is 0 Å². The van der Waals surface area contributed by atoms with Gasteiger partial charge in [-0.25, -0.2) is 4.39 Å². The van der Waals surface area contributed by atoms with Crippen LogP contribution in [0.3, 0.4) is 0 Å². The quantitative estimate of drug-likeness (QED) is 0.446. The van der Waals surface area contributed by atoms with Crippen molar-refractivity contribution in [3.8, 4) is 11.1 Å². The molecule has 1 aromatic heterocycles. The number of ketones is 2. The summed E-state index contributed by atoms with van der Waals surface area (Å²) in [5.41, 5.74) is 8.86. The van der Waals surface area contributed by atoms with Crippen LogP contribution in [0.1, 0.15) is 32.0 Å². The van der Waals surface area contributed by atoms with Gasteiger partial charge in [0.25, 0.3) is 0 Å². The fraction of sp³-hybridized carbons (Fsp3) is 0.0400. The Kier molecular flexibility index (Phi) is 5.26. The number of aromatic amines is 1.